The van der Waals surface area contributed by atoms with Crippen LogP contribution < -0.4 is 4.74 Å². The molecule has 0 saturated heterocycles. The Morgan fingerprint density at radius 1 is 1.18 bits per heavy atom. The predicted octanol–water partition coefficient (Wildman–Crippen LogP) is 5.82. The number of halogens is 2. The molecule has 2 atom stereocenters. The summed E-state index contributed by atoms with van der Waals surface area (Å²) >= 11 is 0. The topological polar surface area (TPSA) is 80.5 Å². The van der Waals surface area contributed by atoms with Crippen molar-refractivity contribution < 1.29 is 23.4 Å². The molecule has 4 aromatic rings. The van der Waals surface area contributed by atoms with E-state index in [4.69, 9.17) is 4.74 Å². The summed E-state index contributed by atoms with van der Waals surface area (Å²) in [5.74, 6) is -2.32. The zero-order valence-corrected chi connectivity index (χ0v) is 22.3. The summed E-state index contributed by atoms with van der Waals surface area (Å²) in [6.07, 6.45) is 0.298. The van der Waals surface area contributed by atoms with Gasteiger partial charge in [0.2, 0.25) is 0 Å². The Hall–Kier alpha value is -3.85. The first-order valence-corrected chi connectivity index (χ1v) is 13.3. The highest BCUT2D eigenvalue weighted by molar-refractivity contribution is 5.77. The molecule has 5 rings (SSSR count). The fraction of sp³-hybridized carbons (Fsp3) is 0.367. The summed E-state index contributed by atoms with van der Waals surface area (Å²) in [6, 6.07) is 14.2. The molecule has 1 aliphatic rings. The van der Waals surface area contributed by atoms with E-state index >= 15 is 4.39 Å². The Kier molecular flexibility index (Phi) is 7.61. The number of benzene rings is 3. The molecule has 204 valence electrons. The van der Waals surface area contributed by atoms with Crippen LogP contribution in [0.2, 0.25) is 0 Å². The number of rotatable bonds is 8. The zero-order chi connectivity index (χ0) is 27.7. The van der Waals surface area contributed by atoms with Crippen molar-refractivity contribution >= 4 is 17.0 Å². The van der Waals surface area contributed by atoms with Crippen LogP contribution in [0.25, 0.3) is 11.0 Å². The minimum atomic E-state index is -1.02. The van der Waals surface area contributed by atoms with E-state index < -0.39 is 17.7 Å². The maximum Gasteiger partial charge on any atom is 0.304 e. The molecule has 0 spiro atoms. The molecule has 39 heavy (non-hydrogen) atoms. The molecular weight excluding hydrogens is 502 g/mol. The molecule has 0 radical (unpaired) electrons. The van der Waals surface area contributed by atoms with Crippen LogP contribution in [0.15, 0.2) is 48.5 Å². The van der Waals surface area contributed by atoms with Crippen LogP contribution in [0.3, 0.4) is 0 Å². The van der Waals surface area contributed by atoms with Crippen LogP contribution in [0.5, 0.6) is 5.75 Å². The third-order valence-corrected chi connectivity index (χ3v) is 7.52. The molecular formula is C30H32F2N4O3. The molecule has 1 unspecified atom stereocenters. The Morgan fingerprint density at radius 2 is 2.00 bits per heavy atom. The minimum Gasteiger partial charge on any atom is -0.486 e. The van der Waals surface area contributed by atoms with Crippen molar-refractivity contribution in [2.45, 2.75) is 65.3 Å². The van der Waals surface area contributed by atoms with Crippen molar-refractivity contribution in [3.63, 3.8) is 0 Å². The molecule has 9 heteroatoms. The number of nitrogens with zero attached hydrogens (tertiary/aromatic N) is 4. The normalized spacial score (nSPS) is 16.5. The van der Waals surface area contributed by atoms with E-state index in [1.54, 1.807) is 22.9 Å². The largest absolute Gasteiger partial charge is 0.486 e. The lowest BCUT2D eigenvalue weighted by Gasteiger charge is -2.25. The Bertz CT molecular complexity index is 1520. The lowest BCUT2D eigenvalue weighted by Crippen LogP contribution is -2.32. The fourth-order valence-electron chi connectivity index (χ4n) is 5.36. The molecule has 3 aromatic carbocycles. The molecule has 1 N–H and O–H groups in total. The number of hydrogen-bond acceptors (Lipinski definition) is 5. The van der Waals surface area contributed by atoms with Gasteiger partial charge in [-0.25, -0.2) is 13.5 Å². The van der Waals surface area contributed by atoms with E-state index in [2.05, 4.69) is 15.2 Å². The highest BCUT2D eigenvalue weighted by Gasteiger charge is 2.27. The Morgan fingerprint density at radius 3 is 2.74 bits per heavy atom. The van der Waals surface area contributed by atoms with Gasteiger partial charge >= 0.3 is 5.97 Å². The summed E-state index contributed by atoms with van der Waals surface area (Å²) in [6.45, 7) is 8.15. The fourth-order valence-corrected chi connectivity index (χ4v) is 5.36. The molecule has 0 aliphatic carbocycles. The first-order chi connectivity index (χ1) is 18.8. The van der Waals surface area contributed by atoms with Gasteiger partial charge in [-0.2, -0.15) is 0 Å². The van der Waals surface area contributed by atoms with E-state index in [-0.39, 0.29) is 29.4 Å². The van der Waals surface area contributed by atoms with Crippen molar-refractivity contribution in [2.24, 2.45) is 0 Å². The second-order valence-corrected chi connectivity index (χ2v) is 10.1. The van der Waals surface area contributed by atoms with Crippen LogP contribution in [0, 0.1) is 18.6 Å². The summed E-state index contributed by atoms with van der Waals surface area (Å²) < 4.78 is 37.8. The van der Waals surface area contributed by atoms with E-state index in [0.29, 0.717) is 43.0 Å². The number of aromatic nitrogens is 3. The molecule has 1 aliphatic heterocycles. The Labute approximate surface area is 226 Å². The van der Waals surface area contributed by atoms with E-state index in [0.717, 1.165) is 23.1 Å². The summed E-state index contributed by atoms with van der Waals surface area (Å²) in [7, 11) is 0. The number of aryl methyl sites for hydroxylation is 2. The third kappa shape index (κ3) is 5.36. The summed E-state index contributed by atoms with van der Waals surface area (Å²) in [4.78, 5) is 14.1. The molecule has 0 bridgehead atoms. The van der Waals surface area contributed by atoms with Crippen LogP contribution in [-0.2, 0) is 24.4 Å². The van der Waals surface area contributed by atoms with Gasteiger partial charge in [0.05, 0.1) is 11.9 Å². The van der Waals surface area contributed by atoms with Gasteiger partial charge in [0, 0.05) is 37.7 Å². The molecule has 0 fully saturated rings. The smallest absolute Gasteiger partial charge is 0.304 e. The number of ether oxygens (including phenoxy) is 1. The maximum atomic E-state index is 15.7. The average molecular weight is 535 g/mol. The third-order valence-electron chi connectivity index (χ3n) is 7.52. The lowest BCUT2D eigenvalue weighted by atomic mass is 9.86. The second-order valence-electron chi connectivity index (χ2n) is 10.1. The van der Waals surface area contributed by atoms with Crippen molar-refractivity contribution in [2.75, 3.05) is 6.54 Å². The maximum absolute atomic E-state index is 15.7. The van der Waals surface area contributed by atoms with Crippen LogP contribution >= 0.6 is 0 Å². The van der Waals surface area contributed by atoms with Gasteiger partial charge < -0.3 is 9.84 Å². The van der Waals surface area contributed by atoms with Crippen molar-refractivity contribution in [3.05, 3.63) is 88.0 Å². The van der Waals surface area contributed by atoms with E-state index in [9.17, 15) is 14.3 Å². The van der Waals surface area contributed by atoms with E-state index in [1.165, 1.54) is 6.07 Å². The number of carboxylic acid groups (broad SMARTS) is 1. The Balaban J connectivity index is 1.50. The van der Waals surface area contributed by atoms with Crippen LogP contribution in [0.4, 0.5) is 8.78 Å². The molecule has 2 heterocycles. The van der Waals surface area contributed by atoms with Gasteiger partial charge in [-0.1, -0.05) is 48.5 Å². The van der Waals surface area contributed by atoms with E-state index in [1.807, 2.05) is 45.0 Å². The van der Waals surface area contributed by atoms with Gasteiger partial charge in [0.15, 0.2) is 17.4 Å². The highest BCUT2D eigenvalue weighted by atomic mass is 19.1. The van der Waals surface area contributed by atoms with Gasteiger partial charge in [0.25, 0.3) is 0 Å². The second kappa shape index (κ2) is 11.1. The number of fused-ring (bicyclic) bond motifs is 2. The van der Waals surface area contributed by atoms with Gasteiger partial charge in [-0.05, 0) is 54.7 Å². The number of para-hydroxylation sites is 1. The highest BCUT2D eigenvalue weighted by Crippen LogP contribution is 2.35. The number of aliphatic carboxylic acids is 1. The van der Waals surface area contributed by atoms with Crippen LogP contribution in [-0.4, -0.2) is 43.6 Å². The number of carbonyl (C=O) groups is 1. The van der Waals surface area contributed by atoms with Crippen molar-refractivity contribution in [1.82, 2.24) is 19.9 Å². The molecule has 0 saturated carbocycles. The standard InChI is InChI=1S/C30H32F2N4O3/c1-4-22-17-35(15-20-7-6-8-25(31)30(20)39-22)16-21-13-19(10-9-18(21)3)24(14-27(37)38)23-11-12-26-29(28(23)32)33-34-36(26)5-2/h6-13,22,24H,4-5,14-17H2,1-3H3,(H,37,38)/t22-,24?/m1/s1. The molecule has 1 aromatic heterocycles. The first-order valence-electron chi connectivity index (χ1n) is 13.3. The van der Waals surface area contributed by atoms with Gasteiger partial charge in [-0.3, -0.25) is 9.69 Å². The summed E-state index contributed by atoms with van der Waals surface area (Å²) in [5, 5.41) is 17.8. The van der Waals surface area contributed by atoms with Crippen molar-refractivity contribution in [3.8, 4) is 5.75 Å². The lowest BCUT2D eigenvalue weighted by molar-refractivity contribution is -0.137. The summed E-state index contributed by atoms with van der Waals surface area (Å²) in [5.41, 5.74) is 4.52. The number of hydrogen-bond donors (Lipinski definition) is 1. The molecule has 7 nitrogen and oxygen atoms in total. The quantitative estimate of drug-likeness (QED) is 0.307. The monoisotopic (exact) mass is 534 g/mol. The number of carboxylic acids is 1. The minimum absolute atomic E-state index is 0.137. The average Bonchev–Trinajstić information content (AvgIpc) is 3.25. The SMILES string of the molecule is CC[C@@H]1CN(Cc2cc(C(CC(=O)O)c3ccc4c(nnn4CC)c3F)ccc2C)Cc2cccc(F)c2O1. The van der Waals surface area contributed by atoms with Crippen molar-refractivity contribution in [1.29, 1.82) is 0 Å². The first kappa shape index (κ1) is 26.7. The van der Waals surface area contributed by atoms with Crippen LogP contribution in [0.1, 0.15) is 60.4 Å². The predicted molar refractivity (Wildman–Crippen MR) is 144 cm³/mol. The van der Waals surface area contributed by atoms with Gasteiger partial charge in [-0.15, -0.1) is 5.10 Å². The van der Waals surface area contributed by atoms with Gasteiger partial charge in [0.1, 0.15) is 11.6 Å². The molecule has 0 amide bonds. The zero-order valence-electron chi connectivity index (χ0n) is 22.3.